The number of ether oxygens (including phenoxy) is 1. The highest BCUT2D eigenvalue weighted by Gasteiger charge is 2.13. The van der Waals surface area contributed by atoms with Crippen molar-refractivity contribution < 1.29 is 9.53 Å². The highest BCUT2D eigenvalue weighted by molar-refractivity contribution is 7.97. The fourth-order valence-corrected chi connectivity index (χ4v) is 4.17. The largest absolute Gasteiger partial charge is 0.379 e. The maximum Gasteiger partial charge on any atom is 0.257 e. The fraction of sp³-hybridized carbons (Fsp3) is 0.211. The molecule has 1 fully saturated rings. The minimum atomic E-state index is -0.167. The van der Waals surface area contributed by atoms with Gasteiger partial charge in [-0.2, -0.15) is 0 Å². The van der Waals surface area contributed by atoms with E-state index in [9.17, 15) is 4.79 Å². The predicted octanol–water partition coefficient (Wildman–Crippen LogP) is 3.80. The minimum absolute atomic E-state index is 0.167. The molecule has 0 atom stereocenters. The molecule has 0 saturated carbocycles. The molecule has 1 aliphatic rings. The van der Waals surface area contributed by atoms with Gasteiger partial charge in [0.15, 0.2) is 5.13 Å². The Morgan fingerprint density at radius 3 is 2.67 bits per heavy atom. The van der Waals surface area contributed by atoms with Crippen molar-refractivity contribution >= 4 is 34.3 Å². The Morgan fingerprint density at radius 1 is 1.11 bits per heavy atom. The lowest BCUT2D eigenvalue weighted by Crippen LogP contribution is -2.30. The van der Waals surface area contributed by atoms with E-state index in [1.165, 1.54) is 11.3 Å². The van der Waals surface area contributed by atoms with Gasteiger partial charge in [-0.15, -0.1) is 11.3 Å². The summed E-state index contributed by atoms with van der Waals surface area (Å²) in [4.78, 5) is 22.3. The summed E-state index contributed by atoms with van der Waals surface area (Å²) in [6, 6.07) is 13.3. The molecule has 138 valence electrons. The van der Waals surface area contributed by atoms with Gasteiger partial charge in [0.05, 0.1) is 18.9 Å². The second-order valence-corrected chi connectivity index (χ2v) is 7.89. The summed E-state index contributed by atoms with van der Waals surface area (Å²) in [5.41, 5.74) is 2.16. The van der Waals surface area contributed by atoms with E-state index in [0.29, 0.717) is 10.7 Å². The third kappa shape index (κ3) is 4.72. The molecule has 27 heavy (non-hydrogen) atoms. The van der Waals surface area contributed by atoms with Crippen molar-refractivity contribution in [1.82, 2.24) is 14.3 Å². The van der Waals surface area contributed by atoms with E-state index in [1.54, 1.807) is 18.1 Å². The lowest BCUT2D eigenvalue weighted by Gasteiger charge is -2.25. The Labute approximate surface area is 165 Å². The highest BCUT2D eigenvalue weighted by atomic mass is 32.2. The Bertz CT molecular complexity index is 894. The molecule has 0 radical (unpaired) electrons. The van der Waals surface area contributed by atoms with Gasteiger partial charge < -0.3 is 4.74 Å². The monoisotopic (exact) mass is 398 g/mol. The zero-order valence-corrected chi connectivity index (χ0v) is 16.1. The maximum absolute atomic E-state index is 12.5. The van der Waals surface area contributed by atoms with Gasteiger partial charge in [-0.05, 0) is 48.3 Å². The summed E-state index contributed by atoms with van der Waals surface area (Å²) in [5, 5.41) is 5.31. The molecule has 0 unspecified atom stereocenters. The molecular weight excluding hydrogens is 380 g/mol. The van der Waals surface area contributed by atoms with E-state index in [2.05, 4.69) is 19.6 Å². The Hall–Kier alpha value is -2.26. The van der Waals surface area contributed by atoms with E-state index in [4.69, 9.17) is 4.74 Å². The predicted molar refractivity (Wildman–Crippen MR) is 108 cm³/mol. The summed E-state index contributed by atoms with van der Waals surface area (Å²) in [7, 11) is 0. The van der Waals surface area contributed by atoms with Crippen LogP contribution < -0.4 is 5.32 Å². The van der Waals surface area contributed by atoms with Crippen molar-refractivity contribution in [2.75, 3.05) is 31.6 Å². The zero-order chi connectivity index (χ0) is 18.5. The van der Waals surface area contributed by atoms with Crippen LogP contribution in [0.5, 0.6) is 0 Å². The van der Waals surface area contributed by atoms with Crippen LogP contribution >= 0.6 is 23.3 Å². The van der Waals surface area contributed by atoms with Crippen LogP contribution in [0.4, 0.5) is 5.13 Å². The number of thiazole rings is 1. The first-order valence-corrected chi connectivity index (χ1v) is 10.2. The van der Waals surface area contributed by atoms with E-state index in [0.717, 1.165) is 42.6 Å². The van der Waals surface area contributed by atoms with Crippen molar-refractivity contribution in [2.24, 2.45) is 0 Å². The normalized spacial score (nSPS) is 14.8. The zero-order valence-electron chi connectivity index (χ0n) is 14.5. The van der Waals surface area contributed by atoms with E-state index < -0.39 is 0 Å². The standard InChI is InChI=1S/C19H18N4O2S2/c24-18(22-19-21-17(13-26-19)16-3-1-2-8-20-16)14-4-6-15(7-5-14)27-23-9-11-25-12-10-23/h1-8,13H,9-12H2,(H,21,22,24). The van der Waals surface area contributed by atoms with Crippen molar-refractivity contribution in [1.29, 1.82) is 0 Å². The Balaban J connectivity index is 1.37. The van der Waals surface area contributed by atoms with Crippen LogP contribution in [-0.2, 0) is 4.74 Å². The van der Waals surface area contributed by atoms with Crippen LogP contribution in [0, 0.1) is 0 Å². The van der Waals surface area contributed by atoms with Gasteiger partial charge in [0.2, 0.25) is 0 Å². The second kappa shape index (κ2) is 8.62. The number of morpholine rings is 1. The number of anilines is 1. The van der Waals surface area contributed by atoms with E-state index in [1.807, 2.05) is 47.8 Å². The van der Waals surface area contributed by atoms with E-state index >= 15 is 0 Å². The number of aromatic nitrogens is 2. The van der Waals surface area contributed by atoms with Gasteiger partial charge in [-0.1, -0.05) is 6.07 Å². The molecule has 8 heteroatoms. The number of rotatable bonds is 5. The van der Waals surface area contributed by atoms with Gasteiger partial charge in [0.25, 0.3) is 5.91 Å². The molecule has 0 spiro atoms. The van der Waals surface area contributed by atoms with Crippen molar-refractivity contribution in [3.05, 3.63) is 59.6 Å². The lowest BCUT2D eigenvalue weighted by molar-refractivity contribution is 0.0773. The maximum atomic E-state index is 12.5. The number of hydrogen-bond donors (Lipinski definition) is 1. The van der Waals surface area contributed by atoms with Gasteiger partial charge in [0, 0.05) is 35.1 Å². The fourth-order valence-electron chi connectivity index (χ4n) is 2.59. The van der Waals surface area contributed by atoms with Crippen molar-refractivity contribution in [3.8, 4) is 11.4 Å². The molecule has 3 aromatic rings. The topological polar surface area (TPSA) is 67.4 Å². The van der Waals surface area contributed by atoms with Gasteiger partial charge >= 0.3 is 0 Å². The SMILES string of the molecule is O=C(Nc1nc(-c2ccccn2)cs1)c1ccc(SN2CCOCC2)cc1. The highest BCUT2D eigenvalue weighted by Crippen LogP contribution is 2.25. The van der Waals surface area contributed by atoms with E-state index in [-0.39, 0.29) is 5.91 Å². The summed E-state index contributed by atoms with van der Waals surface area (Å²) in [6.45, 7) is 3.36. The van der Waals surface area contributed by atoms with Gasteiger partial charge in [-0.25, -0.2) is 9.29 Å². The molecule has 1 aliphatic heterocycles. The molecule has 1 amide bonds. The quantitative estimate of drug-likeness (QED) is 0.660. The lowest BCUT2D eigenvalue weighted by atomic mass is 10.2. The summed E-state index contributed by atoms with van der Waals surface area (Å²) < 4.78 is 7.63. The number of amides is 1. The number of nitrogens with one attached hydrogen (secondary N) is 1. The number of pyridine rings is 1. The number of carbonyl (C=O) groups is 1. The van der Waals surface area contributed by atoms with Crippen LogP contribution in [-0.4, -0.2) is 46.5 Å². The molecule has 1 aromatic carbocycles. The second-order valence-electron chi connectivity index (χ2n) is 5.86. The van der Waals surface area contributed by atoms with Crippen LogP contribution in [0.25, 0.3) is 11.4 Å². The molecule has 1 saturated heterocycles. The molecule has 2 aromatic heterocycles. The molecule has 6 nitrogen and oxygen atoms in total. The average Bonchev–Trinajstić information content (AvgIpc) is 3.18. The number of benzene rings is 1. The Kier molecular flexibility index (Phi) is 5.78. The van der Waals surface area contributed by atoms with Gasteiger partial charge in [0.1, 0.15) is 5.69 Å². The molecule has 0 aliphatic carbocycles. The average molecular weight is 399 g/mol. The van der Waals surface area contributed by atoms with Crippen molar-refractivity contribution in [2.45, 2.75) is 4.90 Å². The first kappa shape index (κ1) is 18.1. The first-order chi connectivity index (χ1) is 13.3. The molecule has 4 rings (SSSR count). The number of nitrogens with zero attached hydrogens (tertiary/aromatic N) is 3. The van der Waals surface area contributed by atoms with Crippen LogP contribution in [0.15, 0.2) is 58.9 Å². The third-order valence-corrected chi connectivity index (χ3v) is 5.84. The number of carbonyl (C=O) groups excluding carboxylic acids is 1. The van der Waals surface area contributed by atoms with Crippen LogP contribution in [0.1, 0.15) is 10.4 Å². The first-order valence-electron chi connectivity index (χ1n) is 8.57. The third-order valence-electron chi connectivity index (χ3n) is 3.97. The molecule has 3 heterocycles. The summed E-state index contributed by atoms with van der Waals surface area (Å²) in [6.07, 6.45) is 1.73. The van der Waals surface area contributed by atoms with Crippen LogP contribution in [0.2, 0.25) is 0 Å². The Morgan fingerprint density at radius 2 is 1.93 bits per heavy atom. The van der Waals surface area contributed by atoms with Gasteiger partial charge in [-0.3, -0.25) is 15.1 Å². The minimum Gasteiger partial charge on any atom is -0.379 e. The summed E-state index contributed by atoms with van der Waals surface area (Å²) >= 11 is 3.08. The van der Waals surface area contributed by atoms with Crippen molar-refractivity contribution in [3.63, 3.8) is 0 Å². The number of hydrogen-bond acceptors (Lipinski definition) is 7. The molecule has 0 bridgehead atoms. The molecule has 1 N–H and O–H groups in total. The smallest absolute Gasteiger partial charge is 0.257 e. The summed E-state index contributed by atoms with van der Waals surface area (Å²) in [5.74, 6) is -0.167. The molecular formula is C19H18N4O2S2. The van der Waals surface area contributed by atoms with Crippen LogP contribution in [0.3, 0.4) is 0 Å².